The van der Waals surface area contributed by atoms with E-state index in [2.05, 4.69) is 25.1 Å². The van der Waals surface area contributed by atoms with Gasteiger partial charge in [0.15, 0.2) is 0 Å². The predicted molar refractivity (Wildman–Crippen MR) is 57.7 cm³/mol. The molecule has 6 unspecified atom stereocenters. The Morgan fingerprint density at radius 1 is 1.20 bits per heavy atom. The first-order valence-electron chi connectivity index (χ1n) is 6.32. The zero-order valence-corrected chi connectivity index (χ0v) is 9.19. The maximum atomic E-state index is 9.37. The van der Waals surface area contributed by atoms with Crippen LogP contribution < -0.4 is 0 Å². The summed E-state index contributed by atoms with van der Waals surface area (Å²) in [5.74, 6) is 5.16. The van der Waals surface area contributed by atoms with Gasteiger partial charge in [-0.1, -0.05) is 12.2 Å². The molecular weight excluding hydrogens is 182 g/mol. The number of nitriles is 1. The predicted octanol–water partition coefficient (Wildman–Crippen LogP) is 2.99. The van der Waals surface area contributed by atoms with Gasteiger partial charge in [-0.2, -0.15) is 5.26 Å². The molecule has 0 heterocycles. The van der Waals surface area contributed by atoms with Gasteiger partial charge in [0.25, 0.3) is 0 Å². The zero-order valence-electron chi connectivity index (χ0n) is 9.19. The highest BCUT2D eigenvalue weighted by Crippen LogP contribution is 2.70. The third-order valence-electron chi connectivity index (χ3n) is 5.91. The second kappa shape index (κ2) is 2.32. The fourth-order valence-electron chi connectivity index (χ4n) is 5.50. The molecule has 0 amide bonds. The molecule has 7 atom stereocenters. The second-order valence-electron chi connectivity index (χ2n) is 6.44. The van der Waals surface area contributed by atoms with E-state index >= 15 is 0 Å². The van der Waals surface area contributed by atoms with Gasteiger partial charge in [-0.15, -0.1) is 0 Å². The van der Waals surface area contributed by atoms with Crippen LogP contribution in [0.3, 0.4) is 0 Å². The van der Waals surface area contributed by atoms with E-state index in [9.17, 15) is 5.26 Å². The van der Waals surface area contributed by atoms with Gasteiger partial charge in [-0.3, -0.25) is 0 Å². The van der Waals surface area contributed by atoms with Gasteiger partial charge in [-0.25, -0.2) is 0 Å². The molecule has 0 aromatic rings. The standard InChI is InChI=1S/C14H17N/c1-14(7-15)6-10-5-11(14)13-9-3-2-8(4-9)12(10)13/h2-3,8-13H,4-6H2,1H3/t8?,9?,10-,11?,12?,13?,14?/m0/s1. The number of hydrogen-bond donors (Lipinski definition) is 0. The quantitative estimate of drug-likeness (QED) is 0.434. The molecule has 4 rings (SSSR count). The van der Waals surface area contributed by atoms with Gasteiger partial charge in [0, 0.05) is 0 Å². The summed E-state index contributed by atoms with van der Waals surface area (Å²) in [4.78, 5) is 0. The number of fused-ring (bicyclic) bond motifs is 9. The second-order valence-corrected chi connectivity index (χ2v) is 6.44. The van der Waals surface area contributed by atoms with Crippen LogP contribution in [0.25, 0.3) is 0 Å². The minimum Gasteiger partial charge on any atom is -0.198 e. The van der Waals surface area contributed by atoms with Crippen molar-refractivity contribution in [2.24, 2.45) is 40.9 Å². The minimum atomic E-state index is 0.0180. The SMILES string of the molecule is CC1(C#N)C[C@@H]2CC1C1C3C=CC(C3)C12. The van der Waals surface area contributed by atoms with Crippen molar-refractivity contribution in [2.45, 2.75) is 26.2 Å². The normalized spacial score (nSPS) is 63.5. The van der Waals surface area contributed by atoms with Crippen LogP contribution in [0.5, 0.6) is 0 Å². The molecule has 4 aliphatic rings. The maximum Gasteiger partial charge on any atom is 0.0689 e. The van der Waals surface area contributed by atoms with E-state index in [1.807, 2.05) is 0 Å². The van der Waals surface area contributed by atoms with Crippen LogP contribution in [0.15, 0.2) is 12.2 Å². The van der Waals surface area contributed by atoms with E-state index in [1.54, 1.807) is 0 Å². The Kier molecular flexibility index (Phi) is 1.30. The molecule has 3 fully saturated rings. The summed E-state index contributed by atoms with van der Waals surface area (Å²) in [5.41, 5.74) is 0.0180. The molecule has 0 aliphatic heterocycles. The van der Waals surface area contributed by atoms with Crippen LogP contribution in [0.2, 0.25) is 0 Å². The van der Waals surface area contributed by atoms with Crippen molar-refractivity contribution in [3.63, 3.8) is 0 Å². The average molecular weight is 199 g/mol. The summed E-state index contributed by atoms with van der Waals surface area (Å²) in [6.07, 6.45) is 8.87. The van der Waals surface area contributed by atoms with Crippen molar-refractivity contribution in [1.82, 2.24) is 0 Å². The molecule has 0 aromatic heterocycles. The molecule has 0 saturated heterocycles. The van der Waals surface area contributed by atoms with Crippen molar-refractivity contribution >= 4 is 0 Å². The molecule has 3 saturated carbocycles. The highest BCUT2D eigenvalue weighted by atomic mass is 14.7. The van der Waals surface area contributed by atoms with Crippen molar-refractivity contribution in [2.75, 3.05) is 0 Å². The van der Waals surface area contributed by atoms with E-state index in [0.717, 1.165) is 35.5 Å². The molecule has 4 bridgehead atoms. The number of allylic oxidation sites excluding steroid dienone is 2. The van der Waals surface area contributed by atoms with Crippen molar-refractivity contribution in [1.29, 1.82) is 5.26 Å². The van der Waals surface area contributed by atoms with E-state index in [4.69, 9.17) is 0 Å². The molecule has 1 nitrogen and oxygen atoms in total. The lowest BCUT2D eigenvalue weighted by Gasteiger charge is -2.39. The Hall–Kier alpha value is -0.770. The first-order valence-corrected chi connectivity index (χ1v) is 6.32. The third-order valence-corrected chi connectivity index (χ3v) is 5.91. The van der Waals surface area contributed by atoms with Crippen LogP contribution in [0.1, 0.15) is 26.2 Å². The number of hydrogen-bond acceptors (Lipinski definition) is 1. The molecule has 0 spiro atoms. The van der Waals surface area contributed by atoms with Crippen LogP contribution in [-0.2, 0) is 0 Å². The van der Waals surface area contributed by atoms with Gasteiger partial charge in [-0.05, 0) is 61.7 Å². The van der Waals surface area contributed by atoms with Crippen LogP contribution in [0, 0.1) is 52.3 Å². The average Bonchev–Trinajstić information content (AvgIpc) is 2.93. The molecular formula is C14H17N. The zero-order chi connectivity index (χ0) is 10.2. The highest BCUT2D eigenvalue weighted by molar-refractivity contribution is 5.24. The van der Waals surface area contributed by atoms with Crippen molar-refractivity contribution in [3.05, 3.63) is 12.2 Å². The summed E-state index contributed by atoms with van der Waals surface area (Å²) in [6.45, 7) is 2.21. The number of nitrogens with zero attached hydrogens (tertiary/aromatic N) is 1. The monoisotopic (exact) mass is 199 g/mol. The minimum absolute atomic E-state index is 0.0180. The van der Waals surface area contributed by atoms with Gasteiger partial charge >= 0.3 is 0 Å². The topological polar surface area (TPSA) is 23.8 Å². The lowest BCUT2D eigenvalue weighted by molar-refractivity contribution is 0.117. The van der Waals surface area contributed by atoms with E-state index < -0.39 is 0 Å². The highest BCUT2D eigenvalue weighted by Gasteiger charge is 2.64. The molecule has 1 heteroatoms. The Morgan fingerprint density at radius 2 is 1.93 bits per heavy atom. The molecule has 0 radical (unpaired) electrons. The maximum absolute atomic E-state index is 9.37. The molecule has 0 aromatic carbocycles. The molecule has 4 aliphatic carbocycles. The fourth-order valence-corrected chi connectivity index (χ4v) is 5.50. The Labute approximate surface area is 91.2 Å². The van der Waals surface area contributed by atoms with Gasteiger partial charge in [0.1, 0.15) is 0 Å². The summed E-state index contributed by atoms with van der Waals surface area (Å²) in [6, 6.07) is 2.62. The van der Waals surface area contributed by atoms with Gasteiger partial charge in [0.2, 0.25) is 0 Å². The lowest BCUT2D eigenvalue weighted by Crippen LogP contribution is -2.36. The largest absolute Gasteiger partial charge is 0.198 e. The Balaban J connectivity index is 1.78. The summed E-state index contributed by atoms with van der Waals surface area (Å²) in [7, 11) is 0. The summed E-state index contributed by atoms with van der Waals surface area (Å²) >= 11 is 0. The van der Waals surface area contributed by atoms with Crippen molar-refractivity contribution < 1.29 is 0 Å². The number of rotatable bonds is 0. The van der Waals surface area contributed by atoms with Crippen LogP contribution >= 0.6 is 0 Å². The van der Waals surface area contributed by atoms with Gasteiger partial charge in [0.05, 0.1) is 11.5 Å². The van der Waals surface area contributed by atoms with E-state index in [-0.39, 0.29) is 5.41 Å². The smallest absolute Gasteiger partial charge is 0.0689 e. The van der Waals surface area contributed by atoms with E-state index in [0.29, 0.717) is 0 Å². The lowest BCUT2D eigenvalue weighted by atomic mass is 9.63. The van der Waals surface area contributed by atoms with E-state index in [1.165, 1.54) is 19.3 Å². The third kappa shape index (κ3) is 0.781. The van der Waals surface area contributed by atoms with Crippen LogP contribution in [0.4, 0.5) is 0 Å². The Morgan fingerprint density at radius 3 is 2.67 bits per heavy atom. The first-order chi connectivity index (χ1) is 7.23. The van der Waals surface area contributed by atoms with Gasteiger partial charge < -0.3 is 0 Å². The molecule has 0 N–H and O–H groups in total. The first kappa shape index (κ1) is 8.39. The molecule has 15 heavy (non-hydrogen) atoms. The van der Waals surface area contributed by atoms with Crippen LogP contribution in [-0.4, -0.2) is 0 Å². The Bertz CT molecular complexity index is 391. The fraction of sp³-hybridized carbons (Fsp3) is 0.786. The summed E-state index contributed by atoms with van der Waals surface area (Å²) < 4.78 is 0. The summed E-state index contributed by atoms with van der Waals surface area (Å²) in [5, 5.41) is 9.37. The van der Waals surface area contributed by atoms with Crippen molar-refractivity contribution in [3.8, 4) is 6.07 Å². The molecule has 78 valence electrons.